The minimum absolute atomic E-state index is 0.785. The molecule has 3 nitrogen and oxygen atoms in total. The second-order valence-electron chi connectivity index (χ2n) is 6.82. The van der Waals surface area contributed by atoms with E-state index >= 15 is 0 Å². The largest absolute Gasteiger partial charge is 0.398 e. The number of nitrogens with zero attached hydrogens (tertiary/aromatic N) is 2. The molecule has 3 rings (SSSR count). The Hall–Kier alpha value is -1.06. The lowest BCUT2D eigenvalue weighted by molar-refractivity contribution is 0.149. The van der Waals surface area contributed by atoms with Crippen molar-refractivity contribution in [2.45, 2.75) is 57.2 Å². The van der Waals surface area contributed by atoms with Gasteiger partial charge < -0.3 is 10.6 Å². The summed E-state index contributed by atoms with van der Waals surface area (Å²) in [5.41, 5.74) is 8.35. The maximum atomic E-state index is 6.12. The van der Waals surface area contributed by atoms with Crippen LogP contribution in [0.5, 0.6) is 0 Å². The fourth-order valence-corrected chi connectivity index (χ4v) is 3.55. The first-order valence-electron chi connectivity index (χ1n) is 8.51. The van der Waals surface area contributed by atoms with Gasteiger partial charge >= 0.3 is 0 Å². The van der Waals surface area contributed by atoms with E-state index in [1.165, 1.54) is 57.2 Å². The summed E-state index contributed by atoms with van der Waals surface area (Å²) in [6.45, 7) is 3.52. The first-order valence-corrected chi connectivity index (χ1v) is 8.51. The Labute approximate surface area is 129 Å². The predicted octanol–water partition coefficient (Wildman–Crippen LogP) is 3.11. The van der Waals surface area contributed by atoms with E-state index in [1.54, 1.807) is 0 Å². The smallest absolute Gasteiger partial charge is 0.0359 e. The third-order valence-corrected chi connectivity index (χ3v) is 5.16. The number of nitrogens with two attached hydrogens (primary N) is 1. The molecule has 21 heavy (non-hydrogen) atoms. The van der Waals surface area contributed by atoms with Gasteiger partial charge in [-0.05, 0) is 57.3 Å². The Kier molecular flexibility index (Phi) is 4.81. The molecule has 0 bridgehead atoms. The van der Waals surface area contributed by atoms with E-state index in [-0.39, 0.29) is 0 Å². The summed E-state index contributed by atoms with van der Waals surface area (Å²) < 4.78 is 0. The minimum atomic E-state index is 0.785. The van der Waals surface area contributed by atoms with Gasteiger partial charge in [-0.2, -0.15) is 0 Å². The Balaban J connectivity index is 1.56. The van der Waals surface area contributed by atoms with Crippen molar-refractivity contribution in [3.63, 3.8) is 0 Å². The number of rotatable bonds is 6. The van der Waals surface area contributed by atoms with E-state index < -0.39 is 0 Å². The second kappa shape index (κ2) is 6.80. The standard InChI is InChI=1S/C18H29N3/c1-20-12-5-4-7-16(20)11-13-21(17-9-10-17)14-15-6-2-3-8-18(15)19/h2-3,6,8,16-17H,4-5,7,9-14,19H2,1H3. The maximum absolute atomic E-state index is 6.12. The number of anilines is 1. The van der Waals surface area contributed by atoms with Gasteiger partial charge in [-0.25, -0.2) is 0 Å². The van der Waals surface area contributed by atoms with E-state index in [2.05, 4.69) is 29.0 Å². The number of piperidine rings is 1. The molecular weight excluding hydrogens is 258 g/mol. The van der Waals surface area contributed by atoms with Crippen molar-refractivity contribution in [2.24, 2.45) is 0 Å². The van der Waals surface area contributed by atoms with Crippen LogP contribution in [0.4, 0.5) is 5.69 Å². The summed E-state index contributed by atoms with van der Waals surface area (Å²) >= 11 is 0. The summed E-state index contributed by atoms with van der Waals surface area (Å²) in [6.07, 6.45) is 8.20. The predicted molar refractivity (Wildman–Crippen MR) is 89.2 cm³/mol. The van der Waals surface area contributed by atoms with Gasteiger partial charge in [0.1, 0.15) is 0 Å². The molecule has 1 saturated carbocycles. The number of para-hydroxylation sites is 1. The molecule has 1 aromatic rings. The van der Waals surface area contributed by atoms with Crippen molar-refractivity contribution >= 4 is 5.69 Å². The lowest BCUT2D eigenvalue weighted by atomic mass is 10.00. The molecule has 116 valence electrons. The van der Waals surface area contributed by atoms with Gasteiger partial charge in [-0.3, -0.25) is 4.90 Å². The van der Waals surface area contributed by atoms with E-state index in [9.17, 15) is 0 Å². The van der Waals surface area contributed by atoms with E-state index in [1.807, 2.05) is 12.1 Å². The number of nitrogen functional groups attached to an aromatic ring is 1. The van der Waals surface area contributed by atoms with Crippen LogP contribution in [0.2, 0.25) is 0 Å². The van der Waals surface area contributed by atoms with Crippen LogP contribution in [-0.4, -0.2) is 42.0 Å². The van der Waals surface area contributed by atoms with Crippen molar-refractivity contribution in [3.8, 4) is 0 Å². The number of benzene rings is 1. The molecule has 0 spiro atoms. The van der Waals surface area contributed by atoms with Crippen molar-refractivity contribution in [2.75, 3.05) is 25.9 Å². The SMILES string of the molecule is CN1CCCCC1CCN(Cc1ccccc1N)C1CC1. The zero-order valence-corrected chi connectivity index (χ0v) is 13.3. The summed E-state index contributed by atoms with van der Waals surface area (Å²) in [6, 6.07) is 9.92. The van der Waals surface area contributed by atoms with E-state index in [4.69, 9.17) is 5.73 Å². The monoisotopic (exact) mass is 287 g/mol. The van der Waals surface area contributed by atoms with Gasteiger partial charge in [0.2, 0.25) is 0 Å². The third-order valence-electron chi connectivity index (χ3n) is 5.16. The summed E-state index contributed by atoms with van der Waals surface area (Å²) in [5, 5.41) is 0. The molecule has 2 N–H and O–H groups in total. The molecule has 2 aliphatic rings. The van der Waals surface area contributed by atoms with E-state index in [0.29, 0.717) is 0 Å². The molecule has 1 unspecified atom stereocenters. The van der Waals surface area contributed by atoms with Crippen LogP contribution in [0.1, 0.15) is 44.1 Å². The lowest BCUT2D eigenvalue weighted by Crippen LogP contribution is -2.39. The normalized spacial score (nSPS) is 23.6. The minimum Gasteiger partial charge on any atom is -0.398 e. The highest BCUT2D eigenvalue weighted by atomic mass is 15.2. The average molecular weight is 287 g/mol. The molecular formula is C18H29N3. The maximum Gasteiger partial charge on any atom is 0.0359 e. The van der Waals surface area contributed by atoms with E-state index in [0.717, 1.165) is 24.3 Å². The third kappa shape index (κ3) is 3.98. The van der Waals surface area contributed by atoms with Crippen LogP contribution in [0.15, 0.2) is 24.3 Å². The van der Waals surface area contributed by atoms with Gasteiger partial charge in [-0.1, -0.05) is 24.6 Å². The van der Waals surface area contributed by atoms with Gasteiger partial charge in [0.25, 0.3) is 0 Å². The summed E-state index contributed by atoms with van der Waals surface area (Å²) in [5.74, 6) is 0. The molecule has 1 aliphatic carbocycles. The zero-order valence-electron chi connectivity index (χ0n) is 13.3. The van der Waals surface area contributed by atoms with Crippen molar-refractivity contribution in [1.29, 1.82) is 0 Å². The van der Waals surface area contributed by atoms with Crippen LogP contribution < -0.4 is 5.73 Å². The quantitative estimate of drug-likeness (QED) is 0.816. The highest BCUT2D eigenvalue weighted by molar-refractivity contribution is 5.46. The molecule has 1 atom stereocenters. The zero-order chi connectivity index (χ0) is 14.7. The fraction of sp³-hybridized carbons (Fsp3) is 0.667. The molecule has 3 heteroatoms. The Morgan fingerprint density at radius 1 is 1.19 bits per heavy atom. The number of hydrogen-bond acceptors (Lipinski definition) is 3. The average Bonchev–Trinajstić information content (AvgIpc) is 3.31. The van der Waals surface area contributed by atoms with Crippen LogP contribution in [0.3, 0.4) is 0 Å². The van der Waals surface area contributed by atoms with Crippen molar-refractivity contribution < 1.29 is 0 Å². The fourth-order valence-electron chi connectivity index (χ4n) is 3.55. The van der Waals surface area contributed by atoms with Crippen LogP contribution in [0, 0.1) is 0 Å². The Morgan fingerprint density at radius 3 is 2.71 bits per heavy atom. The topological polar surface area (TPSA) is 32.5 Å². The highest BCUT2D eigenvalue weighted by Gasteiger charge is 2.30. The second-order valence-corrected chi connectivity index (χ2v) is 6.82. The molecule has 1 saturated heterocycles. The molecule has 2 fully saturated rings. The van der Waals surface area contributed by atoms with Crippen LogP contribution >= 0.6 is 0 Å². The highest BCUT2D eigenvalue weighted by Crippen LogP contribution is 2.30. The summed E-state index contributed by atoms with van der Waals surface area (Å²) in [7, 11) is 2.29. The van der Waals surface area contributed by atoms with Gasteiger partial charge in [0.05, 0.1) is 0 Å². The van der Waals surface area contributed by atoms with Gasteiger partial charge in [-0.15, -0.1) is 0 Å². The summed E-state index contributed by atoms with van der Waals surface area (Å²) in [4.78, 5) is 5.22. The van der Waals surface area contributed by atoms with Gasteiger partial charge in [0.15, 0.2) is 0 Å². The van der Waals surface area contributed by atoms with Crippen molar-refractivity contribution in [1.82, 2.24) is 9.80 Å². The number of likely N-dealkylation sites (tertiary alicyclic amines) is 1. The Bertz CT molecular complexity index is 456. The first-order chi connectivity index (χ1) is 10.2. The molecule has 1 aliphatic heterocycles. The Morgan fingerprint density at radius 2 is 2.00 bits per heavy atom. The van der Waals surface area contributed by atoms with Crippen LogP contribution in [0.25, 0.3) is 0 Å². The molecule has 1 aromatic carbocycles. The molecule has 0 aromatic heterocycles. The molecule has 0 radical (unpaired) electrons. The van der Waals surface area contributed by atoms with Crippen LogP contribution in [-0.2, 0) is 6.54 Å². The lowest BCUT2D eigenvalue weighted by Gasteiger charge is -2.34. The molecule has 1 heterocycles. The first kappa shape index (κ1) is 14.9. The van der Waals surface area contributed by atoms with Crippen molar-refractivity contribution in [3.05, 3.63) is 29.8 Å². The molecule has 0 amide bonds. The number of hydrogen-bond donors (Lipinski definition) is 1. The van der Waals surface area contributed by atoms with Gasteiger partial charge in [0, 0.05) is 30.9 Å².